The summed E-state index contributed by atoms with van der Waals surface area (Å²) in [6.45, 7) is 8.60. The van der Waals surface area contributed by atoms with Crippen LogP contribution in [-0.2, 0) is 9.47 Å². The van der Waals surface area contributed by atoms with Crippen LogP contribution in [0.5, 0.6) is 11.5 Å². The fourth-order valence-electron chi connectivity index (χ4n) is 4.97. The van der Waals surface area contributed by atoms with E-state index in [4.69, 9.17) is 42.1 Å². The summed E-state index contributed by atoms with van der Waals surface area (Å²) < 4.78 is 22.1. The Balaban J connectivity index is 1.73. The summed E-state index contributed by atoms with van der Waals surface area (Å²) in [4.78, 5) is 51.6. The van der Waals surface area contributed by atoms with Gasteiger partial charge in [-0.2, -0.15) is 0 Å². The van der Waals surface area contributed by atoms with Gasteiger partial charge in [0.15, 0.2) is 0 Å². The molecular weight excluding hydrogens is 713 g/mol. The van der Waals surface area contributed by atoms with Crippen molar-refractivity contribution in [2.75, 3.05) is 80.5 Å². The molecule has 1 fully saturated rings. The van der Waals surface area contributed by atoms with Crippen LogP contribution in [0.25, 0.3) is 0 Å². The third kappa shape index (κ3) is 8.83. The SMILES string of the molecule is COc1cc(OC)c(Cl)c(N(COCC[Si](C)(C)C)C(=O)N(C)c2cc(N(C(=O)O)c3ccc(N4CCOCC4)cc3[N+](=O)[O-])ncn2)c1Cl. The van der Waals surface area contributed by atoms with E-state index < -0.39 is 30.8 Å². The summed E-state index contributed by atoms with van der Waals surface area (Å²) in [5, 5.41) is 22.5. The maximum atomic E-state index is 14.2. The summed E-state index contributed by atoms with van der Waals surface area (Å²) in [6.07, 6.45) is -0.507. The number of hydrogen-bond donors (Lipinski definition) is 1. The molecule has 1 N–H and O–H groups in total. The summed E-state index contributed by atoms with van der Waals surface area (Å²) in [5.74, 6) is 0.0794. The summed E-state index contributed by atoms with van der Waals surface area (Å²) in [6, 6.07) is 7.04. The maximum Gasteiger partial charge on any atom is 0.417 e. The van der Waals surface area contributed by atoms with Crippen LogP contribution >= 0.6 is 23.2 Å². The quantitative estimate of drug-likeness (QED) is 0.0642. The largest absolute Gasteiger partial charge is 0.495 e. The number of hydrogen-bond acceptors (Lipinski definition) is 11. The minimum atomic E-state index is -1.55. The van der Waals surface area contributed by atoms with Crippen molar-refractivity contribution in [1.82, 2.24) is 9.97 Å². The lowest BCUT2D eigenvalue weighted by atomic mass is 10.2. The molecule has 1 aromatic heterocycles. The van der Waals surface area contributed by atoms with Gasteiger partial charge in [0.2, 0.25) is 0 Å². The standard InChI is InChI=1S/C31H39Cl2N7O9Si/c1-36(30(41)38(19-49-13-14-50(4,5)6)29-27(32)23(46-2)16-24(47-3)28(29)33)25-17-26(35-18-34-25)39(31(42)43)21-8-7-20(15-22(21)40(44)45)37-9-11-48-12-10-37/h7-8,15-18H,9-14,19H2,1-6H3,(H,42,43). The molecule has 2 heterocycles. The van der Waals surface area contributed by atoms with Gasteiger partial charge in [-0.05, 0) is 18.2 Å². The molecule has 0 unspecified atom stereocenters. The number of benzene rings is 2. The Labute approximate surface area is 300 Å². The number of morpholine rings is 1. The van der Waals surface area contributed by atoms with Gasteiger partial charge in [-0.15, -0.1) is 0 Å². The molecule has 4 rings (SSSR count). The number of amides is 3. The van der Waals surface area contributed by atoms with Crippen molar-refractivity contribution in [3.8, 4) is 11.5 Å². The lowest BCUT2D eigenvalue weighted by Gasteiger charge is -2.30. The van der Waals surface area contributed by atoms with Crippen LogP contribution in [0.2, 0.25) is 35.7 Å². The predicted molar refractivity (Wildman–Crippen MR) is 193 cm³/mol. The first-order valence-electron chi connectivity index (χ1n) is 15.4. The molecule has 0 aliphatic carbocycles. The molecule has 0 atom stereocenters. The summed E-state index contributed by atoms with van der Waals surface area (Å²) in [7, 11) is 2.71. The van der Waals surface area contributed by atoms with Crippen molar-refractivity contribution in [3.63, 3.8) is 0 Å². The number of urea groups is 1. The second kappa shape index (κ2) is 16.5. The van der Waals surface area contributed by atoms with E-state index in [2.05, 4.69) is 29.6 Å². The molecule has 19 heteroatoms. The number of nitro groups is 1. The molecule has 0 saturated carbocycles. The Kier molecular flexibility index (Phi) is 12.7. The van der Waals surface area contributed by atoms with E-state index in [0.29, 0.717) is 43.5 Å². The first kappa shape index (κ1) is 38.4. The molecule has 270 valence electrons. The van der Waals surface area contributed by atoms with E-state index in [1.165, 1.54) is 50.4 Å². The molecule has 1 aliphatic rings. The van der Waals surface area contributed by atoms with Gasteiger partial charge in [-0.3, -0.25) is 19.9 Å². The molecule has 0 radical (unpaired) electrons. The molecule has 3 amide bonds. The summed E-state index contributed by atoms with van der Waals surface area (Å²) in [5.41, 5.74) is -0.121. The Bertz CT molecular complexity index is 1700. The fourth-order valence-corrected chi connectivity index (χ4v) is 6.43. The molecule has 1 saturated heterocycles. The van der Waals surface area contributed by atoms with Crippen LogP contribution in [0.1, 0.15) is 0 Å². The van der Waals surface area contributed by atoms with Crippen LogP contribution in [0.4, 0.5) is 44.0 Å². The smallest absolute Gasteiger partial charge is 0.417 e. The minimum Gasteiger partial charge on any atom is -0.495 e. The van der Waals surface area contributed by atoms with E-state index in [9.17, 15) is 24.8 Å². The second-order valence-electron chi connectivity index (χ2n) is 12.3. The monoisotopic (exact) mass is 751 g/mol. The number of rotatable bonds is 13. The third-order valence-corrected chi connectivity index (χ3v) is 10.2. The van der Waals surface area contributed by atoms with E-state index in [1.807, 2.05) is 4.90 Å². The molecule has 0 bridgehead atoms. The first-order chi connectivity index (χ1) is 23.7. The molecule has 0 spiro atoms. The Morgan fingerprint density at radius 2 is 1.66 bits per heavy atom. The third-order valence-electron chi connectivity index (χ3n) is 7.73. The van der Waals surface area contributed by atoms with Crippen molar-refractivity contribution in [3.05, 3.63) is 56.8 Å². The predicted octanol–water partition coefficient (Wildman–Crippen LogP) is 6.74. The van der Waals surface area contributed by atoms with Crippen LogP contribution in [0.15, 0.2) is 36.7 Å². The van der Waals surface area contributed by atoms with Gasteiger partial charge in [0.25, 0.3) is 5.69 Å². The van der Waals surface area contributed by atoms with E-state index in [0.717, 1.165) is 17.3 Å². The van der Waals surface area contributed by atoms with E-state index in [1.54, 1.807) is 6.07 Å². The Morgan fingerprint density at radius 3 is 2.22 bits per heavy atom. The zero-order valence-electron chi connectivity index (χ0n) is 28.5. The number of carbonyl (C=O) groups excluding carboxylic acids is 1. The average Bonchev–Trinajstić information content (AvgIpc) is 3.08. The van der Waals surface area contributed by atoms with Crippen molar-refractivity contribution in [1.29, 1.82) is 0 Å². The number of carbonyl (C=O) groups is 2. The normalized spacial score (nSPS) is 13.1. The number of aromatic nitrogens is 2. The van der Waals surface area contributed by atoms with Crippen LogP contribution < -0.4 is 29.1 Å². The first-order valence-corrected chi connectivity index (χ1v) is 19.8. The number of ether oxygens (including phenoxy) is 4. The lowest BCUT2D eigenvalue weighted by Crippen LogP contribution is -2.43. The van der Waals surface area contributed by atoms with Gasteiger partial charge in [-0.1, -0.05) is 42.8 Å². The highest BCUT2D eigenvalue weighted by Crippen LogP contribution is 2.46. The highest BCUT2D eigenvalue weighted by Gasteiger charge is 2.32. The van der Waals surface area contributed by atoms with Gasteiger partial charge in [0, 0.05) is 58.7 Å². The number of methoxy groups -OCH3 is 2. The topological polar surface area (TPSA) is 173 Å². The number of nitrogens with zero attached hydrogens (tertiary/aromatic N) is 7. The Morgan fingerprint density at radius 1 is 1.04 bits per heavy atom. The molecule has 50 heavy (non-hydrogen) atoms. The van der Waals surface area contributed by atoms with Crippen LogP contribution in [0, 0.1) is 10.1 Å². The van der Waals surface area contributed by atoms with Crippen molar-refractivity contribution < 1.29 is 38.6 Å². The second-order valence-corrected chi connectivity index (χ2v) is 18.6. The van der Waals surface area contributed by atoms with Crippen molar-refractivity contribution in [2.45, 2.75) is 25.7 Å². The maximum absolute atomic E-state index is 14.2. The van der Waals surface area contributed by atoms with Crippen LogP contribution in [0.3, 0.4) is 0 Å². The minimum absolute atomic E-state index is 0.0158. The van der Waals surface area contributed by atoms with Crippen molar-refractivity contribution >= 4 is 77.8 Å². The molecule has 3 aromatic rings. The highest BCUT2D eigenvalue weighted by molar-refractivity contribution is 6.76. The molecule has 16 nitrogen and oxygen atoms in total. The van der Waals surface area contributed by atoms with E-state index >= 15 is 0 Å². The number of carboxylic acid groups (broad SMARTS) is 1. The Hall–Kier alpha value is -4.42. The molecule has 1 aliphatic heterocycles. The average molecular weight is 753 g/mol. The van der Waals surface area contributed by atoms with Gasteiger partial charge in [0.05, 0.1) is 38.0 Å². The number of anilines is 5. The van der Waals surface area contributed by atoms with Gasteiger partial charge in [-0.25, -0.2) is 24.5 Å². The fraction of sp³-hybridized carbons (Fsp3) is 0.419. The zero-order chi connectivity index (χ0) is 36.7. The number of halogens is 2. The van der Waals surface area contributed by atoms with E-state index in [-0.39, 0.29) is 51.3 Å². The zero-order valence-corrected chi connectivity index (χ0v) is 31.0. The van der Waals surface area contributed by atoms with Gasteiger partial charge in [0.1, 0.15) is 51.9 Å². The van der Waals surface area contributed by atoms with Gasteiger partial charge < -0.3 is 29.0 Å². The van der Waals surface area contributed by atoms with Gasteiger partial charge >= 0.3 is 12.1 Å². The van der Waals surface area contributed by atoms with Crippen LogP contribution in [-0.4, -0.2) is 101 Å². The highest BCUT2D eigenvalue weighted by atomic mass is 35.5. The molecular formula is C31H39Cl2N7O9Si. The van der Waals surface area contributed by atoms with Crippen molar-refractivity contribution in [2.24, 2.45) is 0 Å². The molecule has 2 aromatic carbocycles. The number of nitro benzene ring substituents is 1. The summed E-state index contributed by atoms with van der Waals surface area (Å²) >= 11 is 13.4. The lowest BCUT2D eigenvalue weighted by molar-refractivity contribution is -0.384.